The van der Waals surface area contributed by atoms with Gasteiger partial charge in [0.15, 0.2) is 0 Å². The lowest BCUT2D eigenvalue weighted by atomic mass is 9.91. The standard InChI is InChI=1S/C15H15NO2/c1-15(2)13(16-14(17)18-15)12-8-7-10-5-3-4-6-11(10)9-12/h3-9,13H,1-2H3,(H,16,17)/t13-/m1/s1. The van der Waals surface area contributed by atoms with Gasteiger partial charge in [0.2, 0.25) is 0 Å². The number of hydrogen-bond donors (Lipinski definition) is 1. The number of nitrogens with one attached hydrogen (secondary N) is 1. The van der Waals surface area contributed by atoms with Crippen molar-refractivity contribution in [1.82, 2.24) is 5.32 Å². The van der Waals surface area contributed by atoms with Crippen molar-refractivity contribution in [3.8, 4) is 0 Å². The van der Waals surface area contributed by atoms with E-state index in [1.807, 2.05) is 32.0 Å². The molecular formula is C15H15NO2. The molecule has 2 aromatic rings. The average Bonchev–Trinajstić information content (AvgIpc) is 2.62. The predicted octanol–water partition coefficient (Wildman–Crippen LogP) is 3.40. The number of ether oxygens (including phenoxy) is 1. The minimum atomic E-state index is -0.514. The van der Waals surface area contributed by atoms with E-state index in [1.54, 1.807) is 0 Å². The summed E-state index contributed by atoms with van der Waals surface area (Å²) in [7, 11) is 0. The van der Waals surface area contributed by atoms with E-state index < -0.39 is 5.60 Å². The first-order valence-electron chi connectivity index (χ1n) is 6.04. The van der Waals surface area contributed by atoms with E-state index in [0.29, 0.717) is 0 Å². The Kier molecular flexibility index (Phi) is 2.30. The Bertz CT molecular complexity index is 619. The number of rotatable bonds is 1. The molecule has 0 bridgehead atoms. The van der Waals surface area contributed by atoms with Gasteiger partial charge >= 0.3 is 6.09 Å². The van der Waals surface area contributed by atoms with Gasteiger partial charge in [-0.3, -0.25) is 0 Å². The molecule has 0 unspecified atom stereocenters. The van der Waals surface area contributed by atoms with Gasteiger partial charge in [-0.2, -0.15) is 0 Å². The molecular weight excluding hydrogens is 226 g/mol. The fourth-order valence-electron chi connectivity index (χ4n) is 2.49. The Balaban J connectivity index is 2.07. The molecule has 1 fully saturated rings. The number of alkyl carbamates (subject to hydrolysis) is 1. The van der Waals surface area contributed by atoms with E-state index in [4.69, 9.17) is 4.74 Å². The first-order valence-corrected chi connectivity index (χ1v) is 6.04. The lowest BCUT2D eigenvalue weighted by molar-refractivity contribution is 0.0684. The van der Waals surface area contributed by atoms with Gasteiger partial charge in [-0.25, -0.2) is 4.79 Å². The second-order valence-corrected chi connectivity index (χ2v) is 5.18. The SMILES string of the molecule is CC1(C)OC(=O)N[C@@H]1c1ccc2ccccc2c1. The fraction of sp³-hybridized carbons (Fsp3) is 0.267. The zero-order valence-electron chi connectivity index (χ0n) is 10.4. The van der Waals surface area contributed by atoms with Crippen LogP contribution in [0.4, 0.5) is 4.79 Å². The number of fused-ring (bicyclic) bond motifs is 1. The molecule has 3 nitrogen and oxygen atoms in total. The highest BCUT2D eigenvalue weighted by Crippen LogP contribution is 2.34. The summed E-state index contributed by atoms with van der Waals surface area (Å²) in [5.74, 6) is 0. The highest BCUT2D eigenvalue weighted by Gasteiger charge is 2.42. The second kappa shape index (κ2) is 3.73. The Morgan fingerprint density at radius 3 is 2.50 bits per heavy atom. The Morgan fingerprint density at radius 1 is 1.11 bits per heavy atom. The van der Waals surface area contributed by atoms with Crippen molar-refractivity contribution in [2.24, 2.45) is 0 Å². The second-order valence-electron chi connectivity index (χ2n) is 5.18. The highest BCUT2D eigenvalue weighted by atomic mass is 16.6. The van der Waals surface area contributed by atoms with Gasteiger partial charge in [0.1, 0.15) is 5.60 Å². The molecule has 1 heterocycles. The molecule has 0 aromatic heterocycles. The molecule has 0 aliphatic carbocycles. The summed E-state index contributed by atoms with van der Waals surface area (Å²) in [5.41, 5.74) is 0.559. The minimum Gasteiger partial charge on any atom is -0.441 e. The van der Waals surface area contributed by atoms with Crippen LogP contribution in [0, 0.1) is 0 Å². The van der Waals surface area contributed by atoms with Crippen LogP contribution in [-0.4, -0.2) is 11.7 Å². The summed E-state index contributed by atoms with van der Waals surface area (Å²) >= 11 is 0. The Hall–Kier alpha value is -2.03. The molecule has 1 amide bonds. The van der Waals surface area contributed by atoms with Gasteiger partial charge in [0.25, 0.3) is 0 Å². The number of carbonyl (C=O) groups is 1. The number of benzene rings is 2. The number of carbonyl (C=O) groups excluding carboxylic acids is 1. The van der Waals surface area contributed by atoms with Crippen molar-refractivity contribution in [1.29, 1.82) is 0 Å². The van der Waals surface area contributed by atoms with Gasteiger partial charge in [-0.15, -0.1) is 0 Å². The quantitative estimate of drug-likeness (QED) is 0.831. The molecule has 3 heteroatoms. The van der Waals surface area contributed by atoms with E-state index in [9.17, 15) is 4.79 Å². The zero-order valence-corrected chi connectivity index (χ0v) is 10.4. The van der Waals surface area contributed by atoms with E-state index >= 15 is 0 Å². The van der Waals surface area contributed by atoms with E-state index in [2.05, 4.69) is 29.6 Å². The van der Waals surface area contributed by atoms with Gasteiger partial charge in [-0.1, -0.05) is 36.4 Å². The summed E-state index contributed by atoms with van der Waals surface area (Å²) in [6.07, 6.45) is -0.349. The maximum atomic E-state index is 11.4. The molecule has 1 aliphatic rings. The largest absolute Gasteiger partial charge is 0.441 e. The third kappa shape index (κ3) is 1.72. The molecule has 2 aromatic carbocycles. The molecule has 1 aliphatic heterocycles. The first kappa shape index (κ1) is 11.1. The van der Waals surface area contributed by atoms with Crippen LogP contribution in [-0.2, 0) is 4.74 Å². The normalized spacial score (nSPS) is 21.7. The lowest BCUT2D eigenvalue weighted by Gasteiger charge is -2.24. The van der Waals surface area contributed by atoms with Crippen LogP contribution in [0.3, 0.4) is 0 Å². The molecule has 1 N–H and O–H groups in total. The molecule has 1 atom stereocenters. The molecule has 18 heavy (non-hydrogen) atoms. The van der Waals surface area contributed by atoms with Crippen molar-refractivity contribution < 1.29 is 9.53 Å². The van der Waals surface area contributed by atoms with Gasteiger partial charge in [0, 0.05) is 0 Å². The van der Waals surface area contributed by atoms with Crippen molar-refractivity contribution in [3.05, 3.63) is 48.0 Å². The van der Waals surface area contributed by atoms with Gasteiger partial charge in [-0.05, 0) is 36.2 Å². The smallest absolute Gasteiger partial charge is 0.408 e. The molecule has 0 radical (unpaired) electrons. The Labute approximate surface area is 106 Å². The van der Waals surface area contributed by atoms with E-state index in [1.165, 1.54) is 10.8 Å². The number of amides is 1. The summed E-state index contributed by atoms with van der Waals surface area (Å²) in [5, 5.41) is 5.24. The Morgan fingerprint density at radius 2 is 1.83 bits per heavy atom. The van der Waals surface area contributed by atoms with Crippen LogP contribution in [0.25, 0.3) is 10.8 Å². The van der Waals surface area contributed by atoms with Crippen molar-refractivity contribution in [3.63, 3.8) is 0 Å². The topological polar surface area (TPSA) is 38.3 Å². The van der Waals surface area contributed by atoms with E-state index in [-0.39, 0.29) is 12.1 Å². The number of hydrogen-bond acceptors (Lipinski definition) is 2. The highest BCUT2D eigenvalue weighted by molar-refractivity contribution is 5.83. The van der Waals surface area contributed by atoms with Gasteiger partial charge < -0.3 is 10.1 Å². The third-order valence-corrected chi connectivity index (χ3v) is 3.42. The van der Waals surface area contributed by atoms with Crippen LogP contribution >= 0.6 is 0 Å². The van der Waals surface area contributed by atoms with Crippen LogP contribution in [0.1, 0.15) is 25.5 Å². The van der Waals surface area contributed by atoms with Crippen molar-refractivity contribution >= 4 is 16.9 Å². The van der Waals surface area contributed by atoms with Crippen molar-refractivity contribution in [2.45, 2.75) is 25.5 Å². The van der Waals surface area contributed by atoms with Gasteiger partial charge in [0.05, 0.1) is 6.04 Å². The van der Waals surface area contributed by atoms with Crippen LogP contribution in [0.5, 0.6) is 0 Å². The fourth-order valence-corrected chi connectivity index (χ4v) is 2.49. The average molecular weight is 241 g/mol. The van der Waals surface area contributed by atoms with Crippen molar-refractivity contribution in [2.75, 3.05) is 0 Å². The molecule has 92 valence electrons. The minimum absolute atomic E-state index is 0.102. The summed E-state index contributed by atoms with van der Waals surface area (Å²) in [6, 6.07) is 14.3. The molecule has 3 rings (SSSR count). The van der Waals surface area contributed by atoms with E-state index in [0.717, 1.165) is 5.56 Å². The summed E-state index contributed by atoms with van der Waals surface area (Å²) in [4.78, 5) is 11.4. The predicted molar refractivity (Wildman–Crippen MR) is 70.4 cm³/mol. The number of cyclic esters (lactones) is 1. The molecule has 0 spiro atoms. The molecule has 1 saturated heterocycles. The lowest BCUT2D eigenvalue weighted by Crippen LogP contribution is -2.30. The first-order chi connectivity index (χ1) is 8.56. The zero-order chi connectivity index (χ0) is 12.8. The maximum absolute atomic E-state index is 11.4. The third-order valence-electron chi connectivity index (χ3n) is 3.42. The molecule has 0 saturated carbocycles. The van der Waals surface area contributed by atoms with Crippen LogP contribution in [0.2, 0.25) is 0 Å². The van der Waals surface area contributed by atoms with Crippen LogP contribution < -0.4 is 5.32 Å². The maximum Gasteiger partial charge on any atom is 0.408 e. The monoisotopic (exact) mass is 241 g/mol. The summed E-state index contributed by atoms with van der Waals surface area (Å²) in [6.45, 7) is 3.84. The summed E-state index contributed by atoms with van der Waals surface area (Å²) < 4.78 is 5.28. The van der Waals surface area contributed by atoms with Crippen LogP contribution in [0.15, 0.2) is 42.5 Å².